The number of carbonyl (C=O) groups excluding carboxylic acids is 2. The normalized spacial score (nSPS) is 16.2. The van der Waals surface area contributed by atoms with Gasteiger partial charge in [-0.3, -0.25) is 15.0 Å². The molecule has 2 N–H and O–H groups in total. The van der Waals surface area contributed by atoms with E-state index in [0.29, 0.717) is 11.3 Å². The minimum atomic E-state index is -0.592. The summed E-state index contributed by atoms with van der Waals surface area (Å²) in [6.45, 7) is 10.2. The van der Waals surface area contributed by atoms with Crippen LogP contribution in [-0.2, 0) is 4.74 Å². The number of rotatable bonds is 6. The van der Waals surface area contributed by atoms with Gasteiger partial charge in [0.1, 0.15) is 5.60 Å². The lowest BCUT2D eigenvalue weighted by Crippen LogP contribution is -2.47. The first-order chi connectivity index (χ1) is 15.2. The Labute approximate surface area is 190 Å². The fourth-order valence-corrected chi connectivity index (χ4v) is 3.61. The summed E-state index contributed by atoms with van der Waals surface area (Å²) in [5.74, 6) is -0.180. The molecule has 1 saturated heterocycles. The summed E-state index contributed by atoms with van der Waals surface area (Å²) in [7, 11) is 2.13. The van der Waals surface area contributed by atoms with Gasteiger partial charge in [0.2, 0.25) is 0 Å². The van der Waals surface area contributed by atoms with Gasteiger partial charge in [-0.25, -0.2) is 4.79 Å². The zero-order valence-electron chi connectivity index (χ0n) is 19.4. The standard InChI is InChI=1S/C25H34N4O3/c1-25(2,3)32-24(31)26-21-12-8-11-20(17-21)23(30)27-22(19-9-6-5-7-10-19)18-29-15-13-28(4)14-16-29/h5-12,17,22H,13-16,18H2,1-4H3,(H,26,31)(H,27,30). The molecular formula is C25H34N4O3. The molecule has 1 atom stereocenters. The molecule has 2 amide bonds. The highest BCUT2D eigenvalue weighted by Crippen LogP contribution is 2.18. The van der Waals surface area contributed by atoms with Crippen molar-refractivity contribution in [3.63, 3.8) is 0 Å². The van der Waals surface area contributed by atoms with Gasteiger partial charge in [-0.1, -0.05) is 36.4 Å². The molecule has 3 rings (SSSR count). The van der Waals surface area contributed by atoms with Crippen molar-refractivity contribution in [3.05, 3.63) is 65.7 Å². The summed E-state index contributed by atoms with van der Waals surface area (Å²) in [6, 6.07) is 16.8. The molecule has 0 radical (unpaired) electrons. The van der Waals surface area contributed by atoms with Crippen LogP contribution < -0.4 is 10.6 Å². The molecular weight excluding hydrogens is 404 g/mol. The quantitative estimate of drug-likeness (QED) is 0.719. The number of carbonyl (C=O) groups is 2. The average Bonchev–Trinajstić information content (AvgIpc) is 2.74. The van der Waals surface area contributed by atoms with Crippen LogP contribution in [0.2, 0.25) is 0 Å². The number of piperazine rings is 1. The van der Waals surface area contributed by atoms with E-state index >= 15 is 0 Å². The predicted molar refractivity (Wildman–Crippen MR) is 127 cm³/mol. The molecule has 2 aromatic carbocycles. The molecule has 7 heteroatoms. The van der Waals surface area contributed by atoms with E-state index in [4.69, 9.17) is 4.74 Å². The van der Waals surface area contributed by atoms with Gasteiger partial charge in [-0.05, 0) is 51.6 Å². The number of nitrogens with one attached hydrogen (secondary N) is 2. The SMILES string of the molecule is CN1CCN(CC(NC(=O)c2cccc(NC(=O)OC(C)(C)C)c2)c2ccccc2)CC1. The first-order valence-electron chi connectivity index (χ1n) is 11.1. The molecule has 2 aromatic rings. The van der Waals surface area contributed by atoms with Crippen LogP contribution in [0.4, 0.5) is 10.5 Å². The lowest BCUT2D eigenvalue weighted by atomic mass is 10.0. The van der Waals surface area contributed by atoms with Gasteiger partial charge in [-0.15, -0.1) is 0 Å². The van der Waals surface area contributed by atoms with Crippen molar-refractivity contribution in [3.8, 4) is 0 Å². The molecule has 7 nitrogen and oxygen atoms in total. The Hall–Kier alpha value is -2.90. The molecule has 1 aliphatic rings. The third-order valence-corrected chi connectivity index (χ3v) is 5.31. The molecule has 1 unspecified atom stereocenters. The maximum Gasteiger partial charge on any atom is 0.412 e. The molecule has 32 heavy (non-hydrogen) atoms. The van der Waals surface area contributed by atoms with E-state index in [1.54, 1.807) is 45.0 Å². The van der Waals surface area contributed by atoms with Gasteiger partial charge in [-0.2, -0.15) is 0 Å². The van der Waals surface area contributed by atoms with Crippen molar-refractivity contribution in [2.24, 2.45) is 0 Å². The summed E-state index contributed by atoms with van der Waals surface area (Å²) in [6.07, 6.45) is -0.549. The summed E-state index contributed by atoms with van der Waals surface area (Å²) >= 11 is 0. The van der Waals surface area contributed by atoms with E-state index in [1.807, 2.05) is 30.3 Å². The molecule has 0 aromatic heterocycles. The second kappa shape index (κ2) is 10.6. The summed E-state index contributed by atoms with van der Waals surface area (Å²) in [4.78, 5) is 29.9. The fourth-order valence-electron chi connectivity index (χ4n) is 3.61. The lowest BCUT2D eigenvalue weighted by molar-refractivity contribution is 0.0635. The maximum atomic E-state index is 13.1. The van der Waals surface area contributed by atoms with Crippen molar-refractivity contribution < 1.29 is 14.3 Å². The van der Waals surface area contributed by atoms with Gasteiger partial charge < -0.3 is 15.0 Å². The highest BCUT2D eigenvalue weighted by molar-refractivity contribution is 5.96. The predicted octanol–water partition coefficient (Wildman–Crippen LogP) is 3.75. The monoisotopic (exact) mass is 438 g/mol. The van der Waals surface area contributed by atoms with E-state index in [-0.39, 0.29) is 11.9 Å². The number of hydrogen-bond acceptors (Lipinski definition) is 5. The highest BCUT2D eigenvalue weighted by atomic mass is 16.6. The Morgan fingerprint density at radius 2 is 1.69 bits per heavy atom. The molecule has 1 fully saturated rings. The van der Waals surface area contributed by atoms with Gasteiger partial charge in [0.25, 0.3) is 5.91 Å². The van der Waals surface area contributed by atoms with E-state index in [9.17, 15) is 9.59 Å². The Morgan fingerprint density at radius 3 is 2.34 bits per heavy atom. The van der Waals surface area contributed by atoms with Crippen LogP contribution in [0.3, 0.4) is 0 Å². The fraction of sp³-hybridized carbons (Fsp3) is 0.440. The van der Waals surface area contributed by atoms with Crippen LogP contribution in [0.1, 0.15) is 42.7 Å². The Kier molecular flexibility index (Phi) is 7.88. The molecule has 1 aliphatic heterocycles. The van der Waals surface area contributed by atoms with E-state index < -0.39 is 11.7 Å². The first-order valence-corrected chi connectivity index (χ1v) is 11.1. The zero-order chi connectivity index (χ0) is 23.1. The smallest absolute Gasteiger partial charge is 0.412 e. The number of benzene rings is 2. The number of hydrogen-bond donors (Lipinski definition) is 2. The highest BCUT2D eigenvalue weighted by Gasteiger charge is 2.22. The van der Waals surface area contributed by atoms with E-state index in [2.05, 4.69) is 27.5 Å². The number of nitrogens with zero attached hydrogens (tertiary/aromatic N) is 2. The summed E-state index contributed by atoms with van der Waals surface area (Å²) in [5.41, 5.74) is 1.48. The molecule has 0 bridgehead atoms. The largest absolute Gasteiger partial charge is 0.444 e. The third kappa shape index (κ3) is 7.35. The van der Waals surface area contributed by atoms with Crippen molar-refractivity contribution in [2.75, 3.05) is 45.1 Å². The van der Waals surface area contributed by atoms with Crippen LogP contribution in [0.25, 0.3) is 0 Å². The first kappa shape index (κ1) is 23.8. The minimum absolute atomic E-state index is 0.130. The Balaban J connectivity index is 1.69. The van der Waals surface area contributed by atoms with Gasteiger partial charge >= 0.3 is 6.09 Å². The molecule has 172 valence electrons. The number of likely N-dealkylation sites (N-methyl/N-ethyl adjacent to an activating group) is 1. The van der Waals surface area contributed by atoms with Crippen molar-refractivity contribution in [1.29, 1.82) is 0 Å². The van der Waals surface area contributed by atoms with Crippen LogP contribution >= 0.6 is 0 Å². The van der Waals surface area contributed by atoms with Crippen LogP contribution in [-0.4, -0.2) is 67.2 Å². The van der Waals surface area contributed by atoms with Crippen LogP contribution in [0.5, 0.6) is 0 Å². The third-order valence-electron chi connectivity index (χ3n) is 5.31. The minimum Gasteiger partial charge on any atom is -0.444 e. The molecule has 0 saturated carbocycles. The van der Waals surface area contributed by atoms with Gasteiger partial charge in [0.05, 0.1) is 6.04 Å². The van der Waals surface area contributed by atoms with Gasteiger partial charge in [0, 0.05) is 44.0 Å². The van der Waals surface area contributed by atoms with Crippen LogP contribution in [0.15, 0.2) is 54.6 Å². The zero-order valence-corrected chi connectivity index (χ0v) is 19.4. The van der Waals surface area contributed by atoms with E-state index in [0.717, 1.165) is 38.3 Å². The molecule has 0 spiro atoms. The second-order valence-corrected chi connectivity index (χ2v) is 9.25. The van der Waals surface area contributed by atoms with Gasteiger partial charge in [0.15, 0.2) is 0 Å². The number of amides is 2. The molecule has 1 heterocycles. The van der Waals surface area contributed by atoms with E-state index in [1.165, 1.54) is 0 Å². The van der Waals surface area contributed by atoms with Crippen LogP contribution in [0, 0.1) is 0 Å². The van der Waals surface area contributed by atoms with Crippen molar-refractivity contribution >= 4 is 17.7 Å². The number of ether oxygens (including phenoxy) is 1. The lowest BCUT2D eigenvalue weighted by Gasteiger charge is -2.35. The average molecular weight is 439 g/mol. The maximum absolute atomic E-state index is 13.1. The van der Waals surface area contributed by atoms with Crippen molar-refractivity contribution in [2.45, 2.75) is 32.4 Å². The number of anilines is 1. The summed E-state index contributed by atoms with van der Waals surface area (Å²) < 4.78 is 5.30. The summed E-state index contributed by atoms with van der Waals surface area (Å²) in [5, 5.41) is 5.88. The Morgan fingerprint density at radius 1 is 1.00 bits per heavy atom. The second-order valence-electron chi connectivity index (χ2n) is 9.25. The topological polar surface area (TPSA) is 73.9 Å². The molecule has 0 aliphatic carbocycles. The Bertz CT molecular complexity index is 903. The van der Waals surface area contributed by atoms with Crippen molar-refractivity contribution in [1.82, 2.24) is 15.1 Å².